The van der Waals surface area contributed by atoms with Crippen molar-refractivity contribution in [1.29, 1.82) is 0 Å². The van der Waals surface area contributed by atoms with E-state index in [9.17, 15) is 14.9 Å². The Hall–Kier alpha value is -2.28. The Balaban J connectivity index is 1.64. The monoisotopic (exact) mass is 289 g/mol. The molecule has 3 rings (SSSR count). The zero-order chi connectivity index (χ0) is 14.1. The highest BCUT2D eigenvalue weighted by Crippen LogP contribution is 2.34. The molecule has 1 aliphatic carbocycles. The molecule has 1 amide bonds. The maximum Gasteiger partial charge on any atom is 0.234 e. The largest absolute Gasteiger partial charge is 0.326 e. The van der Waals surface area contributed by atoms with Crippen LogP contribution in [0.3, 0.4) is 0 Å². The number of nitrogens with zero attached hydrogens (tertiary/aromatic N) is 2. The molecular formula is C13H11N3O3S. The minimum absolute atomic E-state index is 0.284. The van der Waals surface area contributed by atoms with Crippen molar-refractivity contribution in [3.63, 3.8) is 0 Å². The quantitative estimate of drug-likeness (QED) is 0.692. The van der Waals surface area contributed by atoms with Crippen LogP contribution in [-0.4, -0.2) is 21.9 Å². The lowest BCUT2D eigenvalue weighted by molar-refractivity contribution is -0.497. The molecule has 102 valence electrons. The smallest absolute Gasteiger partial charge is 0.234 e. The van der Waals surface area contributed by atoms with Gasteiger partial charge in [0.1, 0.15) is 10.9 Å². The third-order valence-electron chi connectivity index (χ3n) is 3.20. The van der Waals surface area contributed by atoms with Crippen molar-refractivity contribution >= 4 is 22.9 Å². The molecule has 0 unspecified atom stereocenters. The summed E-state index contributed by atoms with van der Waals surface area (Å²) in [6, 6.07) is 6.57. The Morgan fingerprint density at radius 3 is 2.70 bits per heavy atom. The number of anilines is 1. The van der Waals surface area contributed by atoms with Crippen LogP contribution in [0.5, 0.6) is 0 Å². The molecule has 1 heterocycles. The first kappa shape index (κ1) is 12.7. The topological polar surface area (TPSA) is 85.1 Å². The Morgan fingerprint density at radius 2 is 2.15 bits per heavy atom. The molecule has 1 aliphatic rings. The van der Waals surface area contributed by atoms with Crippen LogP contribution in [0.15, 0.2) is 35.8 Å². The molecule has 20 heavy (non-hydrogen) atoms. The maximum absolute atomic E-state index is 11.8. The van der Waals surface area contributed by atoms with Crippen LogP contribution in [0, 0.1) is 16.0 Å². The van der Waals surface area contributed by atoms with Crippen LogP contribution in [0.2, 0.25) is 0 Å². The van der Waals surface area contributed by atoms with Gasteiger partial charge in [0.15, 0.2) is 0 Å². The number of aromatic nitrogens is 1. The minimum Gasteiger partial charge on any atom is -0.326 e. The van der Waals surface area contributed by atoms with Gasteiger partial charge in [-0.25, -0.2) is 4.98 Å². The first-order chi connectivity index (χ1) is 9.65. The second-order valence-electron chi connectivity index (χ2n) is 4.60. The number of nitro groups is 1. The van der Waals surface area contributed by atoms with Gasteiger partial charge < -0.3 is 5.32 Å². The second-order valence-corrected chi connectivity index (χ2v) is 5.49. The molecule has 7 heteroatoms. The summed E-state index contributed by atoms with van der Waals surface area (Å²) >= 11 is 1.54. The van der Waals surface area contributed by atoms with Gasteiger partial charge in [-0.1, -0.05) is 0 Å². The molecule has 0 radical (unpaired) electrons. The lowest BCUT2D eigenvalue weighted by atomic mass is 10.2. The fraction of sp³-hybridized carbons (Fsp3) is 0.231. The number of carbonyl (C=O) groups is 1. The summed E-state index contributed by atoms with van der Waals surface area (Å²) in [6.45, 7) is 0. The van der Waals surface area contributed by atoms with Gasteiger partial charge in [0, 0.05) is 34.2 Å². The van der Waals surface area contributed by atoms with Crippen LogP contribution < -0.4 is 5.32 Å². The Morgan fingerprint density at radius 1 is 1.40 bits per heavy atom. The standard InChI is InChI=1S/C13H11N3O3S/c17-12(10-7-11(10)16(18)19)15-9-3-1-8(2-4-9)13-14-5-6-20-13/h1-6,10-11H,7H2,(H,15,17)/t10-,11-/m0/s1. The fourth-order valence-corrected chi connectivity index (χ4v) is 2.64. The molecule has 1 saturated carbocycles. The normalized spacial score (nSPS) is 20.4. The lowest BCUT2D eigenvalue weighted by Crippen LogP contribution is -2.18. The van der Waals surface area contributed by atoms with E-state index in [1.165, 1.54) is 0 Å². The van der Waals surface area contributed by atoms with Gasteiger partial charge in [-0.05, 0) is 24.3 Å². The third kappa shape index (κ3) is 2.53. The number of nitrogens with one attached hydrogen (secondary N) is 1. The van der Waals surface area contributed by atoms with Crippen LogP contribution in [0.4, 0.5) is 5.69 Å². The van der Waals surface area contributed by atoms with E-state index in [0.717, 1.165) is 10.6 Å². The first-order valence-corrected chi connectivity index (χ1v) is 6.97. The van der Waals surface area contributed by atoms with E-state index in [2.05, 4.69) is 10.3 Å². The van der Waals surface area contributed by atoms with Crippen molar-refractivity contribution in [1.82, 2.24) is 4.98 Å². The molecule has 2 atom stereocenters. The zero-order valence-corrected chi connectivity index (χ0v) is 11.2. The summed E-state index contributed by atoms with van der Waals surface area (Å²) in [4.78, 5) is 26.1. The average Bonchev–Trinajstić information content (AvgIpc) is 3.07. The highest BCUT2D eigenvalue weighted by atomic mass is 32.1. The van der Waals surface area contributed by atoms with Gasteiger partial charge in [0.25, 0.3) is 0 Å². The van der Waals surface area contributed by atoms with Crippen LogP contribution in [-0.2, 0) is 4.79 Å². The molecule has 0 spiro atoms. The Kier molecular flexibility index (Phi) is 3.19. The van der Waals surface area contributed by atoms with E-state index < -0.39 is 16.9 Å². The highest BCUT2D eigenvalue weighted by molar-refractivity contribution is 7.13. The summed E-state index contributed by atoms with van der Waals surface area (Å²) in [7, 11) is 0. The molecule has 0 saturated heterocycles. The maximum atomic E-state index is 11.8. The molecule has 1 aromatic carbocycles. The number of carbonyl (C=O) groups excluding carboxylic acids is 1. The van der Waals surface area contributed by atoms with E-state index in [0.29, 0.717) is 12.1 Å². The molecule has 1 aromatic heterocycles. The van der Waals surface area contributed by atoms with Crippen molar-refractivity contribution in [2.24, 2.45) is 5.92 Å². The summed E-state index contributed by atoms with van der Waals surface area (Å²) < 4.78 is 0. The van der Waals surface area contributed by atoms with E-state index in [-0.39, 0.29) is 5.91 Å². The predicted octanol–water partition coefficient (Wildman–Crippen LogP) is 2.41. The Bertz CT molecular complexity index is 639. The zero-order valence-electron chi connectivity index (χ0n) is 10.4. The molecule has 1 fully saturated rings. The van der Waals surface area contributed by atoms with Gasteiger partial charge >= 0.3 is 0 Å². The minimum atomic E-state index is -0.718. The van der Waals surface area contributed by atoms with E-state index in [1.54, 1.807) is 29.7 Å². The van der Waals surface area contributed by atoms with Gasteiger partial charge in [-0.15, -0.1) is 11.3 Å². The van der Waals surface area contributed by atoms with Crippen molar-refractivity contribution in [2.45, 2.75) is 12.5 Å². The number of amides is 1. The molecule has 2 aromatic rings. The van der Waals surface area contributed by atoms with Crippen LogP contribution in [0.1, 0.15) is 6.42 Å². The SMILES string of the molecule is O=C(Nc1ccc(-c2nccs2)cc1)[C@H]1C[C@@H]1[N+](=O)[O-]. The van der Waals surface area contributed by atoms with Crippen molar-refractivity contribution in [2.75, 3.05) is 5.32 Å². The lowest BCUT2D eigenvalue weighted by Gasteiger charge is -2.04. The molecule has 0 aliphatic heterocycles. The number of hydrogen-bond donors (Lipinski definition) is 1. The number of rotatable bonds is 4. The van der Waals surface area contributed by atoms with Gasteiger partial charge in [0.05, 0.1) is 0 Å². The van der Waals surface area contributed by atoms with Crippen molar-refractivity contribution in [3.8, 4) is 10.6 Å². The third-order valence-corrected chi connectivity index (χ3v) is 4.02. The highest BCUT2D eigenvalue weighted by Gasteiger charge is 2.53. The molecule has 0 bridgehead atoms. The fourth-order valence-electron chi connectivity index (χ4n) is 1.99. The number of benzene rings is 1. The van der Waals surface area contributed by atoms with Gasteiger partial charge in [0.2, 0.25) is 11.9 Å². The van der Waals surface area contributed by atoms with Gasteiger partial charge in [-0.2, -0.15) is 0 Å². The molecular weight excluding hydrogens is 278 g/mol. The van der Waals surface area contributed by atoms with Crippen molar-refractivity contribution < 1.29 is 9.72 Å². The van der Waals surface area contributed by atoms with Crippen LogP contribution in [0.25, 0.3) is 10.6 Å². The predicted molar refractivity (Wildman–Crippen MR) is 75.1 cm³/mol. The first-order valence-electron chi connectivity index (χ1n) is 6.09. The van der Waals surface area contributed by atoms with E-state index in [4.69, 9.17) is 0 Å². The number of hydrogen-bond acceptors (Lipinski definition) is 5. The summed E-state index contributed by atoms with van der Waals surface area (Å²) in [5.41, 5.74) is 1.62. The number of thiazole rings is 1. The second kappa shape index (κ2) is 5.01. The molecule has 6 nitrogen and oxygen atoms in total. The molecule has 1 N–H and O–H groups in total. The van der Waals surface area contributed by atoms with E-state index >= 15 is 0 Å². The average molecular weight is 289 g/mol. The summed E-state index contributed by atoms with van der Waals surface area (Å²) in [6.07, 6.45) is 2.07. The van der Waals surface area contributed by atoms with Crippen molar-refractivity contribution in [3.05, 3.63) is 46.0 Å². The van der Waals surface area contributed by atoms with Gasteiger partial charge in [-0.3, -0.25) is 14.9 Å². The van der Waals surface area contributed by atoms with E-state index in [1.807, 2.05) is 17.5 Å². The van der Waals surface area contributed by atoms with Crippen LogP contribution >= 0.6 is 11.3 Å². The summed E-state index contributed by atoms with van der Waals surface area (Å²) in [5.74, 6) is -0.780. The Labute approximate surface area is 118 Å². The summed E-state index contributed by atoms with van der Waals surface area (Å²) in [5, 5.41) is 16.0.